The Morgan fingerprint density at radius 3 is 2.95 bits per heavy atom. The van der Waals surface area contributed by atoms with Crippen molar-refractivity contribution in [1.29, 1.82) is 0 Å². The van der Waals surface area contributed by atoms with E-state index in [4.69, 9.17) is 5.84 Å². The number of rotatable bonds is 3. The van der Waals surface area contributed by atoms with Gasteiger partial charge in [0, 0.05) is 23.0 Å². The highest BCUT2D eigenvalue weighted by Gasteiger charge is 2.11. The summed E-state index contributed by atoms with van der Waals surface area (Å²) < 4.78 is 1.13. The van der Waals surface area contributed by atoms with Gasteiger partial charge in [0.05, 0.1) is 10.2 Å². The number of anilines is 1. The van der Waals surface area contributed by atoms with Crippen LogP contribution in [0.4, 0.5) is 5.82 Å². The van der Waals surface area contributed by atoms with E-state index in [1.54, 1.807) is 17.5 Å². The van der Waals surface area contributed by atoms with Gasteiger partial charge in [0.1, 0.15) is 5.82 Å². The summed E-state index contributed by atoms with van der Waals surface area (Å²) in [5, 5.41) is 2.03. The van der Waals surface area contributed by atoms with Gasteiger partial charge < -0.3 is 5.43 Å². The van der Waals surface area contributed by atoms with Crippen LogP contribution in [0.5, 0.6) is 0 Å². The quantitative estimate of drug-likeness (QED) is 0.571. The van der Waals surface area contributed by atoms with Crippen LogP contribution in [0.25, 0.3) is 21.6 Å². The van der Waals surface area contributed by atoms with Crippen molar-refractivity contribution in [3.05, 3.63) is 35.0 Å². The molecule has 0 bridgehead atoms. The van der Waals surface area contributed by atoms with Crippen molar-refractivity contribution in [1.82, 2.24) is 15.0 Å². The van der Waals surface area contributed by atoms with Crippen LogP contribution in [0.15, 0.2) is 23.7 Å². The van der Waals surface area contributed by atoms with Gasteiger partial charge in [-0.2, -0.15) is 0 Å². The van der Waals surface area contributed by atoms with E-state index in [1.807, 2.05) is 18.4 Å². The molecule has 6 heteroatoms. The van der Waals surface area contributed by atoms with E-state index in [2.05, 4.69) is 33.4 Å². The fraction of sp³-hybridized carbons (Fsp3) is 0.214. The zero-order valence-corrected chi connectivity index (χ0v) is 12.2. The highest BCUT2D eigenvalue weighted by atomic mass is 32.1. The molecule has 3 aromatic heterocycles. The van der Waals surface area contributed by atoms with E-state index in [-0.39, 0.29) is 0 Å². The standard InChI is InChI=1S/C14H15N5S/c1-3-10-8(2)17-13(18-14(10)19-15)9-6-12-11(16-7-9)4-5-20-12/h4-7H,3,15H2,1-2H3,(H,17,18,19). The number of thiophene rings is 1. The van der Waals surface area contributed by atoms with Gasteiger partial charge in [-0.1, -0.05) is 6.92 Å². The second-order valence-electron chi connectivity index (χ2n) is 4.49. The predicted molar refractivity (Wildman–Crippen MR) is 82.6 cm³/mol. The van der Waals surface area contributed by atoms with Crippen molar-refractivity contribution in [2.45, 2.75) is 20.3 Å². The second-order valence-corrected chi connectivity index (χ2v) is 5.43. The molecule has 0 unspecified atom stereocenters. The van der Waals surface area contributed by atoms with E-state index in [0.717, 1.165) is 33.5 Å². The Kier molecular flexibility index (Phi) is 3.33. The molecule has 0 spiro atoms. The lowest BCUT2D eigenvalue weighted by Crippen LogP contribution is -2.13. The van der Waals surface area contributed by atoms with E-state index < -0.39 is 0 Å². The van der Waals surface area contributed by atoms with Crippen molar-refractivity contribution >= 4 is 27.4 Å². The maximum atomic E-state index is 5.56. The van der Waals surface area contributed by atoms with Crippen molar-refractivity contribution in [2.24, 2.45) is 5.84 Å². The number of nitrogens with one attached hydrogen (secondary N) is 1. The van der Waals surface area contributed by atoms with Gasteiger partial charge in [-0.05, 0) is 30.9 Å². The van der Waals surface area contributed by atoms with Crippen LogP contribution in [0.3, 0.4) is 0 Å². The molecule has 0 amide bonds. The smallest absolute Gasteiger partial charge is 0.163 e. The number of fused-ring (bicyclic) bond motifs is 1. The lowest BCUT2D eigenvalue weighted by atomic mass is 10.1. The molecule has 0 aliphatic heterocycles. The summed E-state index contributed by atoms with van der Waals surface area (Å²) in [6.07, 6.45) is 2.64. The topological polar surface area (TPSA) is 76.7 Å². The van der Waals surface area contributed by atoms with Crippen LogP contribution in [0.2, 0.25) is 0 Å². The van der Waals surface area contributed by atoms with E-state index >= 15 is 0 Å². The fourth-order valence-corrected chi connectivity index (χ4v) is 3.02. The molecule has 0 atom stereocenters. The summed E-state index contributed by atoms with van der Waals surface area (Å²) in [6, 6.07) is 4.07. The molecule has 3 N–H and O–H groups in total. The molecule has 0 radical (unpaired) electrons. The summed E-state index contributed by atoms with van der Waals surface area (Å²) >= 11 is 1.66. The average molecular weight is 285 g/mol. The number of hydrogen-bond acceptors (Lipinski definition) is 6. The lowest BCUT2D eigenvalue weighted by molar-refractivity contribution is 0.994. The zero-order valence-electron chi connectivity index (χ0n) is 11.3. The Morgan fingerprint density at radius 2 is 2.20 bits per heavy atom. The summed E-state index contributed by atoms with van der Waals surface area (Å²) in [5.41, 5.74) is 6.55. The van der Waals surface area contributed by atoms with E-state index in [0.29, 0.717) is 11.6 Å². The number of hydrogen-bond donors (Lipinski definition) is 2. The van der Waals surface area contributed by atoms with Gasteiger partial charge in [0.15, 0.2) is 5.82 Å². The van der Waals surface area contributed by atoms with Gasteiger partial charge in [-0.3, -0.25) is 4.98 Å². The van der Waals surface area contributed by atoms with E-state index in [9.17, 15) is 0 Å². The van der Waals surface area contributed by atoms with Gasteiger partial charge in [0.2, 0.25) is 0 Å². The molecule has 3 heterocycles. The highest BCUT2D eigenvalue weighted by molar-refractivity contribution is 7.17. The third kappa shape index (κ3) is 2.13. The zero-order chi connectivity index (χ0) is 14.1. The number of pyridine rings is 1. The molecule has 0 aliphatic carbocycles. The van der Waals surface area contributed by atoms with Crippen LogP contribution in [-0.4, -0.2) is 15.0 Å². The SMILES string of the molecule is CCc1c(C)nc(-c2cnc3ccsc3c2)nc1NN. The molecule has 3 aromatic rings. The molecule has 20 heavy (non-hydrogen) atoms. The molecular formula is C14H15N5S. The first-order valence-electron chi connectivity index (χ1n) is 6.40. The summed E-state index contributed by atoms with van der Waals surface area (Å²) in [6.45, 7) is 4.04. The van der Waals surface area contributed by atoms with Crippen molar-refractivity contribution in [3.63, 3.8) is 0 Å². The second kappa shape index (κ2) is 5.15. The third-order valence-electron chi connectivity index (χ3n) is 3.27. The molecule has 102 valence electrons. The number of nitrogen functional groups attached to an aromatic ring is 1. The summed E-state index contributed by atoms with van der Waals surface area (Å²) in [4.78, 5) is 13.5. The first-order chi connectivity index (χ1) is 9.72. The molecule has 3 rings (SSSR count). The molecule has 0 saturated heterocycles. The Labute approximate surface area is 120 Å². The third-order valence-corrected chi connectivity index (χ3v) is 4.12. The number of aryl methyl sites for hydroxylation is 1. The van der Waals surface area contributed by atoms with Crippen LogP contribution >= 0.6 is 11.3 Å². The molecule has 0 fully saturated rings. The van der Waals surface area contributed by atoms with Gasteiger partial charge in [0.25, 0.3) is 0 Å². The minimum Gasteiger partial charge on any atom is -0.308 e. The maximum absolute atomic E-state index is 5.56. The lowest BCUT2D eigenvalue weighted by Gasteiger charge is -2.11. The molecule has 0 aromatic carbocycles. The number of aromatic nitrogens is 3. The first-order valence-corrected chi connectivity index (χ1v) is 7.28. The van der Waals surface area contributed by atoms with Crippen LogP contribution in [-0.2, 0) is 6.42 Å². The Hall–Kier alpha value is -2.05. The minimum absolute atomic E-state index is 0.649. The van der Waals surface area contributed by atoms with Crippen molar-refractivity contribution in [2.75, 3.05) is 5.43 Å². The van der Waals surface area contributed by atoms with Crippen LogP contribution in [0, 0.1) is 6.92 Å². The van der Waals surface area contributed by atoms with Gasteiger partial charge in [-0.25, -0.2) is 15.8 Å². The normalized spacial score (nSPS) is 10.9. The predicted octanol–water partition coefficient (Wildman–Crippen LogP) is 2.91. The number of hydrazine groups is 1. The Morgan fingerprint density at radius 1 is 1.35 bits per heavy atom. The first kappa shape index (κ1) is 13.0. The summed E-state index contributed by atoms with van der Waals surface area (Å²) in [5.74, 6) is 6.89. The van der Waals surface area contributed by atoms with Crippen molar-refractivity contribution < 1.29 is 0 Å². The minimum atomic E-state index is 0.649. The monoisotopic (exact) mass is 285 g/mol. The van der Waals surface area contributed by atoms with Crippen molar-refractivity contribution in [3.8, 4) is 11.4 Å². The van der Waals surface area contributed by atoms with E-state index in [1.165, 1.54) is 0 Å². The number of nitrogens with zero attached hydrogens (tertiary/aromatic N) is 3. The summed E-state index contributed by atoms with van der Waals surface area (Å²) in [7, 11) is 0. The Balaban J connectivity index is 2.15. The Bertz CT molecular complexity index is 765. The molecule has 0 saturated carbocycles. The average Bonchev–Trinajstić information content (AvgIpc) is 2.93. The molecule has 5 nitrogen and oxygen atoms in total. The van der Waals surface area contributed by atoms with Gasteiger partial charge in [-0.15, -0.1) is 11.3 Å². The number of nitrogens with two attached hydrogens (primary N) is 1. The van der Waals surface area contributed by atoms with Crippen LogP contribution in [0.1, 0.15) is 18.2 Å². The maximum Gasteiger partial charge on any atom is 0.163 e. The molecule has 0 aliphatic rings. The molecular weight excluding hydrogens is 270 g/mol. The van der Waals surface area contributed by atoms with Crippen LogP contribution < -0.4 is 11.3 Å². The highest BCUT2D eigenvalue weighted by Crippen LogP contribution is 2.26. The largest absolute Gasteiger partial charge is 0.308 e. The fourth-order valence-electron chi connectivity index (χ4n) is 2.24. The van der Waals surface area contributed by atoms with Gasteiger partial charge >= 0.3 is 0 Å².